The van der Waals surface area contributed by atoms with Crippen LogP contribution in [0.5, 0.6) is 0 Å². The minimum absolute atomic E-state index is 0.0450. The van der Waals surface area contributed by atoms with Crippen LogP contribution >= 0.6 is 0 Å². The first-order valence-corrected chi connectivity index (χ1v) is 7.90. The largest absolute Gasteiger partial charge is 0.376 e. The monoisotopic (exact) mass is 290 g/mol. The number of nitrogens with zero attached hydrogens (tertiary/aromatic N) is 1. The number of nitrogens with two attached hydrogens (primary N) is 1. The van der Waals surface area contributed by atoms with E-state index in [2.05, 4.69) is 6.92 Å². The number of ether oxygens (including phenoxy) is 1. The Balaban J connectivity index is 1.86. The third kappa shape index (κ3) is 4.83. The van der Waals surface area contributed by atoms with Crippen LogP contribution in [0.25, 0.3) is 0 Å². The number of carbonyl (C=O) groups is 1. The summed E-state index contributed by atoms with van der Waals surface area (Å²) >= 11 is 0. The summed E-state index contributed by atoms with van der Waals surface area (Å²) in [5, 5.41) is 0. The molecule has 1 aromatic rings. The Kier molecular flexibility index (Phi) is 6.21. The first-order valence-electron chi connectivity index (χ1n) is 7.90. The van der Waals surface area contributed by atoms with E-state index in [4.69, 9.17) is 10.5 Å². The van der Waals surface area contributed by atoms with Gasteiger partial charge in [-0.2, -0.15) is 0 Å². The molecule has 2 atom stereocenters. The summed E-state index contributed by atoms with van der Waals surface area (Å²) in [7, 11) is 0. The van der Waals surface area contributed by atoms with Crippen molar-refractivity contribution in [2.45, 2.75) is 44.8 Å². The third-order valence-corrected chi connectivity index (χ3v) is 3.86. The molecule has 0 spiro atoms. The van der Waals surface area contributed by atoms with E-state index in [0.29, 0.717) is 13.0 Å². The van der Waals surface area contributed by atoms with Gasteiger partial charge in [0.25, 0.3) is 0 Å². The number of benzene rings is 1. The molecule has 1 fully saturated rings. The molecular formula is C17H26N2O2. The van der Waals surface area contributed by atoms with Crippen LogP contribution in [0.3, 0.4) is 0 Å². The SMILES string of the molecule is CCCOC1CCCN(C(=O)[C@H](N)Cc2ccccc2)C1. The molecule has 1 saturated heterocycles. The highest BCUT2D eigenvalue weighted by Gasteiger charge is 2.27. The van der Waals surface area contributed by atoms with Gasteiger partial charge in [-0.05, 0) is 31.2 Å². The van der Waals surface area contributed by atoms with Crippen molar-refractivity contribution in [1.82, 2.24) is 4.90 Å². The lowest BCUT2D eigenvalue weighted by molar-refractivity contribution is -0.136. The smallest absolute Gasteiger partial charge is 0.239 e. The second kappa shape index (κ2) is 8.15. The number of hydrogen-bond donors (Lipinski definition) is 1. The van der Waals surface area contributed by atoms with E-state index in [9.17, 15) is 4.79 Å². The Hall–Kier alpha value is -1.39. The summed E-state index contributed by atoms with van der Waals surface area (Å²) in [5.41, 5.74) is 7.20. The molecule has 1 aliphatic heterocycles. The van der Waals surface area contributed by atoms with Gasteiger partial charge in [-0.1, -0.05) is 37.3 Å². The number of likely N-dealkylation sites (tertiary alicyclic amines) is 1. The molecule has 1 amide bonds. The maximum Gasteiger partial charge on any atom is 0.239 e. The van der Waals surface area contributed by atoms with Gasteiger partial charge >= 0.3 is 0 Å². The van der Waals surface area contributed by atoms with E-state index in [1.54, 1.807) is 0 Å². The number of amides is 1. The van der Waals surface area contributed by atoms with E-state index >= 15 is 0 Å². The van der Waals surface area contributed by atoms with Crippen LogP contribution in [-0.2, 0) is 16.0 Å². The summed E-state index contributed by atoms with van der Waals surface area (Å²) in [4.78, 5) is 14.3. The van der Waals surface area contributed by atoms with Crippen LogP contribution < -0.4 is 5.73 Å². The highest BCUT2D eigenvalue weighted by Crippen LogP contribution is 2.15. The van der Waals surface area contributed by atoms with Crippen LogP contribution in [0.4, 0.5) is 0 Å². The van der Waals surface area contributed by atoms with Gasteiger partial charge in [-0.25, -0.2) is 0 Å². The summed E-state index contributed by atoms with van der Waals surface area (Å²) < 4.78 is 5.78. The Labute approximate surface area is 127 Å². The van der Waals surface area contributed by atoms with Crippen LogP contribution in [0.15, 0.2) is 30.3 Å². The van der Waals surface area contributed by atoms with Gasteiger partial charge in [0.1, 0.15) is 0 Å². The average Bonchev–Trinajstić information content (AvgIpc) is 2.53. The fraction of sp³-hybridized carbons (Fsp3) is 0.588. The van der Waals surface area contributed by atoms with E-state index in [1.807, 2.05) is 35.2 Å². The molecule has 0 saturated carbocycles. The molecule has 0 radical (unpaired) electrons. The van der Waals surface area contributed by atoms with Gasteiger partial charge in [-0.3, -0.25) is 4.79 Å². The zero-order valence-corrected chi connectivity index (χ0v) is 12.8. The lowest BCUT2D eigenvalue weighted by atomic mass is 10.0. The zero-order valence-electron chi connectivity index (χ0n) is 12.8. The molecule has 1 aliphatic rings. The number of rotatable bonds is 6. The van der Waals surface area contributed by atoms with Gasteiger partial charge in [0, 0.05) is 19.7 Å². The van der Waals surface area contributed by atoms with Crippen molar-refractivity contribution in [2.75, 3.05) is 19.7 Å². The summed E-state index contributed by atoms with van der Waals surface area (Å²) in [6, 6.07) is 9.48. The van der Waals surface area contributed by atoms with Gasteiger partial charge in [0.15, 0.2) is 0 Å². The molecule has 1 heterocycles. The molecule has 4 heteroatoms. The quantitative estimate of drug-likeness (QED) is 0.871. The highest BCUT2D eigenvalue weighted by atomic mass is 16.5. The molecule has 0 aliphatic carbocycles. The van der Waals surface area contributed by atoms with Crippen LogP contribution in [-0.4, -0.2) is 42.6 Å². The lowest BCUT2D eigenvalue weighted by Gasteiger charge is -2.34. The van der Waals surface area contributed by atoms with Crippen molar-refractivity contribution >= 4 is 5.91 Å². The van der Waals surface area contributed by atoms with Gasteiger partial charge in [-0.15, -0.1) is 0 Å². The normalized spacial score (nSPS) is 20.3. The molecule has 2 N–H and O–H groups in total. The molecule has 21 heavy (non-hydrogen) atoms. The number of piperidine rings is 1. The number of hydrogen-bond acceptors (Lipinski definition) is 3. The maximum atomic E-state index is 12.5. The Morgan fingerprint density at radius 1 is 1.43 bits per heavy atom. The molecule has 1 unspecified atom stereocenters. The molecule has 2 rings (SSSR count). The fourth-order valence-electron chi connectivity index (χ4n) is 2.75. The summed E-state index contributed by atoms with van der Waals surface area (Å²) in [6.45, 7) is 4.35. The molecule has 1 aromatic carbocycles. The molecule has 4 nitrogen and oxygen atoms in total. The number of carbonyl (C=O) groups excluding carboxylic acids is 1. The zero-order chi connectivity index (χ0) is 15.1. The molecule has 116 valence electrons. The minimum Gasteiger partial charge on any atom is -0.376 e. The lowest BCUT2D eigenvalue weighted by Crippen LogP contribution is -2.50. The molecule has 0 bridgehead atoms. The van der Waals surface area contributed by atoms with E-state index in [-0.39, 0.29) is 12.0 Å². The van der Waals surface area contributed by atoms with Gasteiger partial charge < -0.3 is 15.4 Å². The first kappa shape index (κ1) is 16.0. The molecular weight excluding hydrogens is 264 g/mol. The van der Waals surface area contributed by atoms with E-state index in [0.717, 1.165) is 38.0 Å². The van der Waals surface area contributed by atoms with E-state index in [1.165, 1.54) is 0 Å². The van der Waals surface area contributed by atoms with Crippen molar-refractivity contribution < 1.29 is 9.53 Å². The Morgan fingerprint density at radius 3 is 2.90 bits per heavy atom. The van der Waals surface area contributed by atoms with Crippen LogP contribution in [0, 0.1) is 0 Å². The van der Waals surface area contributed by atoms with Gasteiger partial charge in [0.05, 0.1) is 12.1 Å². The van der Waals surface area contributed by atoms with Crippen molar-refractivity contribution in [1.29, 1.82) is 0 Å². The first-order chi connectivity index (χ1) is 10.2. The Morgan fingerprint density at radius 2 is 2.19 bits per heavy atom. The second-order valence-electron chi connectivity index (χ2n) is 5.72. The fourth-order valence-corrected chi connectivity index (χ4v) is 2.75. The predicted octanol–water partition coefficient (Wildman–Crippen LogP) is 1.97. The average molecular weight is 290 g/mol. The van der Waals surface area contributed by atoms with Crippen molar-refractivity contribution in [3.05, 3.63) is 35.9 Å². The summed E-state index contributed by atoms with van der Waals surface area (Å²) in [5.74, 6) is 0.0450. The standard InChI is InChI=1S/C17H26N2O2/c1-2-11-21-15-9-6-10-19(13-15)17(20)16(18)12-14-7-4-3-5-8-14/h3-5,7-8,15-16H,2,6,9-13,18H2,1H3/t15?,16-/m1/s1. The van der Waals surface area contributed by atoms with E-state index < -0.39 is 6.04 Å². The second-order valence-corrected chi connectivity index (χ2v) is 5.72. The summed E-state index contributed by atoms with van der Waals surface area (Å²) in [6.07, 6.45) is 3.82. The highest BCUT2D eigenvalue weighted by molar-refractivity contribution is 5.82. The Bertz CT molecular complexity index is 436. The maximum absolute atomic E-state index is 12.5. The van der Waals surface area contributed by atoms with Crippen LogP contribution in [0.2, 0.25) is 0 Å². The molecule has 0 aromatic heterocycles. The predicted molar refractivity (Wildman–Crippen MR) is 84.0 cm³/mol. The van der Waals surface area contributed by atoms with Crippen molar-refractivity contribution in [3.8, 4) is 0 Å². The third-order valence-electron chi connectivity index (χ3n) is 3.86. The minimum atomic E-state index is -0.461. The van der Waals surface area contributed by atoms with Gasteiger partial charge in [0.2, 0.25) is 5.91 Å². The van der Waals surface area contributed by atoms with Crippen LogP contribution in [0.1, 0.15) is 31.7 Å². The van der Waals surface area contributed by atoms with Crippen molar-refractivity contribution in [3.63, 3.8) is 0 Å². The van der Waals surface area contributed by atoms with Crippen molar-refractivity contribution in [2.24, 2.45) is 5.73 Å². The topological polar surface area (TPSA) is 55.6 Å².